The number of nitrogens with one attached hydrogen (secondary N) is 1. The van der Waals surface area contributed by atoms with Gasteiger partial charge in [-0.3, -0.25) is 4.79 Å². The molecule has 0 saturated heterocycles. The first-order chi connectivity index (χ1) is 10.1. The molecule has 0 radical (unpaired) electrons. The standard InChI is InChI=1S/C17H22N2O2/c1-19(2)10-4-5-14-11-16(18-17(14)12-20)13-6-8-15(21-3)9-7-13/h6-9,11-12,18H,4-5,10H2,1-3H3. The SMILES string of the molecule is COc1ccc(-c2cc(CCCN(C)C)c(C=O)[nH]2)cc1. The number of hydrogen-bond acceptors (Lipinski definition) is 3. The number of aromatic nitrogens is 1. The predicted octanol–water partition coefficient (Wildman–Crippen LogP) is 3.00. The first kappa shape index (κ1) is 15.3. The van der Waals surface area contributed by atoms with E-state index in [9.17, 15) is 4.79 Å². The number of aryl methyl sites for hydroxylation is 1. The molecule has 4 heteroatoms. The summed E-state index contributed by atoms with van der Waals surface area (Å²) in [5, 5.41) is 0. The van der Waals surface area contributed by atoms with Gasteiger partial charge in [-0.1, -0.05) is 0 Å². The third-order valence-corrected chi connectivity index (χ3v) is 3.50. The van der Waals surface area contributed by atoms with Crippen LogP contribution in [0.5, 0.6) is 5.75 Å². The number of rotatable bonds is 7. The predicted molar refractivity (Wildman–Crippen MR) is 85.0 cm³/mol. The van der Waals surface area contributed by atoms with E-state index in [1.165, 1.54) is 0 Å². The molecule has 0 aliphatic carbocycles. The molecule has 0 amide bonds. The number of carbonyl (C=O) groups excluding carboxylic acids is 1. The van der Waals surface area contributed by atoms with E-state index in [0.717, 1.165) is 48.2 Å². The number of nitrogens with zero attached hydrogens (tertiary/aromatic N) is 1. The summed E-state index contributed by atoms with van der Waals surface area (Å²) in [6.07, 6.45) is 2.84. The Morgan fingerprint density at radius 1 is 1.24 bits per heavy atom. The minimum absolute atomic E-state index is 0.680. The minimum atomic E-state index is 0.680. The number of hydrogen-bond donors (Lipinski definition) is 1. The summed E-state index contributed by atoms with van der Waals surface area (Å²) < 4.78 is 5.16. The summed E-state index contributed by atoms with van der Waals surface area (Å²) in [6, 6.07) is 9.89. The Kier molecular flexibility index (Phi) is 5.17. The highest BCUT2D eigenvalue weighted by Crippen LogP contribution is 2.24. The molecule has 0 spiro atoms. The van der Waals surface area contributed by atoms with Gasteiger partial charge < -0.3 is 14.6 Å². The lowest BCUT2D eigenvalue weighted by molar-refractivity contribution is 0.111. The lowest BCUT2D eigenvalue weighted by Crippen LogP contribution is -2.13. The van der Waals surface area contributed by atoms with Crippen LogP contribution in [0.1, 0.15) is 22.5 Å². The summed E-state index contributed by atoms with van der Waals surface area (Å²) in [6.45, 7) is 1.02. The van der Waals surface area contributed by atoms with Crippen molar-refractivity contribution in [1.29, 1.82) is 0 Å². The molecule has 1 aromatic heterocycles. The summed E-state index contributed by atoms with van der Waals surface area (Å²) >= 11 is 0. The van der Waals surface area contributed by atoms with Gasteiger partial charge in [-0.05, 0) is 74.9 Å². The topological polar surface area (TPSA) is 45.3 Å². The Hall–Kier alpha value is -2.07. The van der Waals surface area contributed by atoms with Crippen molar-refractivity contribution in [3.63, 3.8) is 0 Å². The molecule has 21 heavy (non-hydrogen) atoms. The summed E-state index contributed by atoms with van der Waals surface area (Å²) in [5.41, 5.74) is 3.79. The summed E-state index contributed by atoms with van der Waals surface area (Å²) in [4.78, 5) is 16.6. The molecule has 1 N–H and O–H groups in total. The van der Waals surface area contributed by atoms with Crippen LogP contribution < -0.4 is 4.74 Å². The Labute approximate surface area is 125 Å². The van der Waals surface area contributed by atoms with Gasteiger partial charge >= 0.3 is 0 Å². The molecule has 0 bridgehead atoms. The zero-order valence-corrected chi connectivity index (χ0v) is 12.8. The second-order valence-corrected chi connectivity index (χ2v) is 5.38. The fourth-order valence-electron chi connectivity index (χ4n) is 2.34. The van der Waals surface area contributed by atoms with Crippen molar-refractivity contribution in [2.45, 2.75) is 12.8 Å². The van der Waals surface area contributed by atoms with Crippen molar-refractivity contribution in [1.82, 2.24) is 9.88 Å². The molecule has 0 saturated carbocycles. The van der Waals surface area contributed by atoms with Gasteiger partial charge in [0.25, 0.3) is 0 Å². The molecule has 1 aromatic carbocycles. The smallest absolute Gasteiger partial charge is 0.166 e. The second kappa shape index (κ2) is 7.09. The van der Waals surface area contributed by atoms with Crippen LogP contribution in [0.15, 0.2) is 30.3 Å². The average molecular weight is 286 g/mol. The van der Waals surface area contributed by atoms with Crippen LogP contribution in [0.2, 0.25) is 0 Å². The number of carbonyl (C=O) groups is 1. The Morgan fingerprint density at radius 3 is 2.52 bits per heavy atom. The zero-order valence-electron chi connectivity index (χ0n) is 12.8. The van der Waals surface area contributed by atoms with Crippen molar-refractivity contribution in [3.05, 3.63) is 41.6 Å². The summed E-state index contributed by atoms with van der Waals surface area (Å²) in [5.74, 6) is 0.826. The molecule has 0 aliphatic heterocycles. The van der Waals surface area contributed by atoms with E-state index in [1.54, 1.807) is 7.11 Å². The highest BCUT2D eigenvalue weighted by atomic mass is 16.5. The molecule has 0 aliphatic rings. The Morgan fingerprint density at radius 2 is 1.95 bits per heavy atom. The number of benzene rings is 1. The second-order valence-electron chi connectivity index (χ2n) is 5.38. The molecule has 2 rings (SSSR count). The maximum Gasteiger partial charge on any atom is 0.166 e. The van der Waals surface area contributed by atoms with Gasteiger partial charge in [0.15, 0.2) is 6.29 Å². The van der Waals surface area contributed by atoms with Gasteiger partial charge in [-0.15, -0.1) is 0 Å². The molecule has 4 nitrogen and oxygen atoms in total. The fraction of sp³-hybridized carbons (Fsp3) is 0.353. The average Bonchev–Trinajstić information content (AvgIpc) is 2.90. The molecule has 0 atom stereocenters. The van der Waals surface area contributed by atoms with Crippen LogP contribution >= 0.6 is 0 Å². The van der Waals surface area contributed by atoms with Gasteiger partial charge in [-0.2, -0.15) is 0 Å². The van der Waals surface area contributed by atoms with Crippen LogP contribution in [-0.2, 0) is 6.42 Å². The number of aldehydes is 1. The molecule has 0 unspecified atom stereocenters. The lowest BCUT2D eigenvalue weighted by atomic mass is 10.1. The van der Waals surface area contributed by atoms with Crippen molar-refractivity contribution < 1.29 is 9.53 Å². The van der Waals surface area contributed by atoms with Crippen molar-refractivity contribution in [2.24, 2.45) is 0 Å². The first-order valence-electron chi connectivity index (χ1n) is 7.10. The monoisotopic (exact) mass is 286 g/mol. The van der Waals surface area contributed by atoms with Crippen LogP contribution in [0, 0.1) is 0 Å². The number of H-pyrrole nitrogens is 1. The normalized spacial score (nSPS) is 10.9. The molecule has 2 aromatic rings. The van der Waals surface area contributed by atoms with Crippen molar-refractivity contribution >= 4 is 6.29 Å². The van der Waals surface area contributed by atoms with E-state index in [0.29, 0.717) is 5.69 Å². The van der Waals surface area contributed by atoms with Crippen molar-refractivity contribution in [3.8, 4) is 17.0 Å². The van der Waals surface area contributed by atoms with E-state index in [-0.39, 0.29) is 0 Å². The van der Waals surface area contributed by atoms with Gasteiger partial charge in [0.05, 0.1) is 12.8 Å². The lowest BCUT2D eigenvalue weighted by Gasteiger charge is -2.08. The molecular formula is C17H22N2O2. The maximum atomic E-state index is 11.2. The van der Waals surface area contributed by atoms with Crippen molar-refractivity contribution in [2.75, 3.05) is 27.7 Å². The largest absolute Gasteiger partial charge is 0.497 e. The number of ether oxygens (including phenoxy) is 1. The zero-order chi connectivity index (χ0) is 15.2. The summed E-state index contributed by atoms with van der Waals surface area (Å²) in [7, 11) is 5.76. The minimum Gasteiger partial charge on any atom is -0.497 e. The van der Waals surface area contributed by atoms with E-state index in [2.05, 4.69) is 30.0 Å². The van der Waals surface area contributed by atoms with E-state index >= 15 is 0 Å². The van der Waals surface area contributed by atoms with Crippen LogP contribution in [0.3, 0.4) is 0 Å². The van der Waals surface area contributed by atoms with Crippen LogP contribution in [0.25, 0.3) is 11.3 Å². The third-order valence-electron chi connectivity index (χ3n) is 3.50. The van der Waals surface area contributed by atoms with Gasteiger partial charge in [0.1, 0.15) is 5.75 Å². The highest BCUT2D eigenvalue weighted by molar-refractivity contribution is 5.78. The fourth-order valence-corrected chi connectivity index (χ4v) is 2.34. The van der Waals surface area contributed by atoms with Gasteiger partial charge in [0.2, 0.25) is 0 Å². The third kappa shape index (κ3) is 3.95. The Balaban J connectivity index is 2.16. The molecule has 112 valence electrons. The van der Waals surface area contributed by atoms with Crippen LogP contribution in [-0.4, -0.2) is 43.9 Å². The molecular weight excluding hydrogens is 264 g/mol. The quantitative estimate of drug-likeness (QED) is 0.796. The Bertz CT molecular complexity index is 585. The van der Waals surface area contributed by atoms with Gasteiger partial charge in [-0.25, -0.2) is 0 Å². The van der Waals surface area contributed by atoms with E-state index in [4.69, 9.17) is 4.74 Å². The number of aromatic amines is 1. The number of methoxy groups -OCH3 is 1. The van der Waals surface area contributed by atoms with E-state index < -0.39 is 0 Å². The first-order valence-corrected chi connectivity index (χ1v) is 7.10. The molecule has 1 heterocycles. The van der Waals surface area contributed by atoms with Gasteiger partial charge in [0, 0.05) is 5.69 Å². The van der Waals surface area contributed by atoms with E-state index in [1.807, 2.05) is 24.3 Å². The maximum absolute atomic E-state index is 11.2. The van der Waals surface area contributed by atoms with Crippen LogP contribution in [0.4, 0.5) is 0 Å². The highest BCUT2D eigenvalue weighted by Gasteiger charge is 2.09. The molecule has 0 fully saturated rings.